The van der Waals surface area contributed by atoms with Crippen molar-refractivity contribution in [3.05, 3.63) is 54.1 Å². The second-order valence-electron chi connectivity index (χ2n) is 4.39. The van der Waals surface area contributed by atoms with Gasteiger partial charge in [-0.15, -0.1) is 0 Å². The van der Waals surface area contributed by atoms with Crippen LogP contribution in [0.5, 0.6) is 11.5 Å². The molecule has 6 nitrogen and oxygen atoms in total. The van der Waals surface area contributed by atoms with Gasteiger partial charge in [-0.1, -0.05) is 0 Å². The fourth-order valence-electron chi connectivity index (χ4n) is 1.63. The summed E-state index contributed by atoms with van der Waals surface area (Å²) in [5.74, 6) is 0.586. The number of amides is 1. The zero-order valence-corrected chi connectivity index (χ0v) is 12.1. The number of carbonyl (C=O) groups excluding carboxylic acids is 1. The molecule has 0 heterocycles. The SMILES string of the molecule is CS(=O)(=O)Nc1ccc(Oc2ccc(C(N)=O)cc2)cc1. The second kappa shape index (κ2) is 5.84. The molecule has 0 radical (unpaired) electrons. The molecule has 2 aromatic rings. The van der Waals surface area contributed by atoms with Gasteiger partial charge in [0.05, 0.1) is 6.26 Å². The third-order valence-electron chi connectivity index (χ3n) is 2.53. The summed E-state index contributed by atoms with van der Waals surface area (Å²) in [6.45, 7) is 0. The molecule has 3 N–H and O–H groups in total. The average Bonchev–Trinajstić information content (AvgIpc) is 2.40. The summed E-state index contributed by atoms with van der Waals surface area (Å²) in [5.41, 5.74) is 6.00. The maximum atomic E-state index is 11.1. The van der Waals surface area contributed by atoms with Crippen molar-refractivity contribution in [1.82, 2.24) is 0 Å². The first-order chi connectivity index (χ1) is 9.83. The third kappa shape index (κ3) is 4.50. The van der Waals surface area contributed by atoms with Crippen LogP contribution in [0.3, 0.4) is 0 Å². The topological polar surface area (TPSA) is 98.5 Å². The van der Waals surface area contributed by atoms with Crippen molar-refractivity contribution in [3.8, 4) is 11.5 Å². The summed E-state index contributed by atoms with van der Waals surface area (Å²) in [5, 5.41) is 0. The number of anilines is 1. The third-order valence-corrected chi connectivity index (χ3v) is 3.14. The Labute approximate surface area is 122 Å². The van der Waals surface area contributed by atoms with Crippen molar-refractivity contribution in [2.24, 2.45) is 5.73 Å². The van der Waals surface area contributed by atoms with Crippen molar-refractivity contribution in [3.63, 3.8) is 0 Å². The fourth-order valence-corrected chi connectivity index (χ4v) is 2.19. The molecule has 0 atom stereocenters. The summed E-state index contributed by atoms with van der Waals surface area (Å²) < 4.78 is 30.1. The highest BCUT2D eigenvalue weighted by Crippen LogP contribution is 2.23. The lowest BCUT2D eigenvalue weighted by Crippen LogP contribution is -2.10. The Morgan fingerprint density at radius 3 is 1.90 bits per heavy atom. The molecule has 1 amide bonds. The summed E-state index contributed by atoms with van der Waals surface area (Å²) >= 11 is 0. The van der Waals surface area contributed by atoms with Gasteiger partial charge >= 0.3 is 0 Å². The van der Waals surface area contributed by atoms with Crippen molar-refractivity contribution >= 4 is 21.6 Å². The van der Waals surface area contributed by atoms with Crippen LogP contribution in [0.15, 0.2) is 48.5 Å². The van der Waals surface area contributed by atoms with Crippen molar-refractivity contribution in [2.75, 3.05) is 11.0 Å². The normalized spacial score (nSPS) is 10.9. The number of sulfonamides is 1. The maximum absolute atomic E-state index is 11.1. The van der Waals surface area contributed by atoms with Crippen molar-refractivity contribution in [2.45, 2.75) is 0 Å². The summed E-state index contributed by atoms with van der Waals surface area (Å²) in [6, 6.07) is 12.8. The van der Waals surface area contributed by atoms with Crippen LogP contribution in [-0.2, 0) is 10.0 Å². The summed E-state index contributed by atoms with van der Waals surface area (Å²) in [4.78, 5) is 10.9. The highest BCUT2D eigenvalue weighted by atomic mass is 32.2. The lowest BCUT2D eigenvalue weighted by molar-refractivity contribution is 0.100. The molecule has 110 valence electrons. The van der Waals surface area contributed by atoms with E-state index in [1.807, 2.05) is 0 Å². The van der Waals surface area contributed by atoms with Gasteiger partial charge in [0, 0.05) is 11.3 Å². The van der Waals surface area contributed by atoms with Crippen molar-refractivity contribution < 1.29 is 17.9 Å². The molecular formula is C14H14N2O4S. The van der Waals surface area contributed by atoms with Gasteiger partial charge in [-0.3, -0.25) is 9.52 Å². The summed E-state index contributed by atoms with van der Waals surface area (Å²) in [6.07, 6.45) is 1.08. The zero-order chi connectivity index (χ0) is 15.5. The van der Waals surface area contributed by atoms with E-state index in [9.17, 15) is 13.2 Å². The number of ether oxygens (including phenoxy) is 1. The molecule has 0 bridgehead atoms. The lowest BCUT2D eigenvalue weighted by atomic mass is 10.2. The Bertz CT molecular complexity index is 738. The van der Waals surface area contributed by atoms with Gasteiger partial charge in [-0.25, -0.2) is 8.42 Å². The van der Waals surface area contributed by atoms with E-state index in [0.717, 1.165) is 6.26 Å². The lowest BCUT2D eigenvalue weighted by Gasteiger charge is -2.08. The molecule has 0 spiro atoms. The van der Waals surface area contributed by atoms with E-state index in [1.165, 1.54) is 0 Å². The smallest absolute Gasteiger partial charge is 0.248 e. The molecule has 21 heavy (non-hydrogen) atoms. The first-order valence-corrected chi connectivity index (χ1v) is 7.88. The number of carbonyl (C=O) groups is 1. The number of hydrogen-bond donors (Lipinski definition) is 2. The summed E-state index contributed by atoms with van der Waals surface area (Å²) in [7, 11) is -3.30. The molecule has 2 aromatic carbocycles. The van der Waals surface area contributed by atoms with Crippen LogP contribution in [0.2, 0.25) is 0 Å². The van der Waals surface area contributed by atoms with Crippen LogP contribution < -0.4 is 15.2 Å². The molecule has 0 unspecified atom stereocenters. The maximum Gasteiger partial charge on any atom is 0.248 e. The van der Waals surface area contributed by atoms with E-state index in [-0.39, 0.29) is 0 Å². The number of rotatable bonds is 5. The molecule has 0 aliphatic heterocycles. The van der Waals surface area contributed by atoms with E-state index in [0.29, 0.717) is 22.7 Å². The Morgan fingerprint density at radius 1 is 1.00 bits per heavy atom. The van der Waals surface area contributed by atoms with E-state index in [4.69, 9.17) is 10.5 Å². The largest absolute Gasteiger partial charge is 0.457 e. The second-order valence-corrected chi connectivity index (χ2v) is 6.14. The zero-order valence-electron chi connectivity index (χ0n) is 11.2. The Hall–Kier alpha value is -2.54. The number of nitrogens with one attached hydrogen (secondary N) is 1. The van der Waals surface area contributed by atoms with Crippen LogP contribution in [0.25, 0.3) is 0 Å². The van der Waals surface area contributed by atoms with Crippen LogP contribution in [0.4, 0.5) is 5.69 Å². The monoisotopic (exact) mass is 306 g/mol. The molecule has 0 saturated heterocycles. The van der Waals surface area contributed by atoms with Gasteiger partial charge in [0.15, 0.2) is 0 Å². The predicted molar refractivity (Wildman–Crippen MR) is 79.9 cm³/mol. The molecule has 0 aliphatic rings. The minimum absolute atomic E-state index is 0.398. The first-order valence-electron chi connectivity index (χ1n) is 5.99. The molecule has 0 aromatic heterocycles. The van der Waals surface area contributed by atoms with Gasteiger partial charge in [0.2, 0.25) is 15.9 Å². The van der Waals surface area contributed by atoms with Gasteiger partial charge in [0.25, 0.3) is 0 Å². The average molecular weight is 306 g/mol. The molecular weight excluding hydrogens is 292 g/mol. The Kier molecular flexibility index (Phi) is 4.13. The van der Waals surface area contributed by atoms with E-state index < -0.39 is 15.9 Å². The van der Waals surface area contributed by atoms with E-state index in [2.05, 4.69) is 4.72 Å². The quantitative estimate of drug-likeness (QED) is 0.882. The molecule has 0 aliphatic carbocycles. The standard InChI is InChI=1S/C14H14N2O4S/c1-21(18,19)16-11-4-8-13(9-5-11)20-12-6-2-10(3-7-12)14(15)17/h2-9,16H,1H3,(H2,15,17). The van der Waals surface area contributed by atoms with Crippen LogP contribution >= 0.6 is 0 Å². The number of hydrogen-bond acceptors (Lipinski definition) is 4. The minimum atomic E-state index is -3.30. The first kappa shape index (κ1) is 14.9. The van der Waals surface area contributed by atoms with Gasteiger partial charge in [-0.05, 0) is 48.5 Å². The van der Waals surface area contributed by atoms with E-state index in [1.54, 1.807) is 48.5 Å². The van der Waals surface area contributed by atoms with Gasteiger partial charge < -0.3 is 10.5 Å². The Morgan fingerprint density at radius 2 is 1.48 bits per heavy atom. The highest BCUT2D eigenvalue weighted by Gasteiger charge is 2.04. The van der Waals surface area contributed by atoms with Gasteiger partial charge in [-0.2, -0.15) is 0 Å². The number of primary amides is 1. The predicted octanol–water partition coefficient (Wildman–Crippen LogP) is 1.95. The number of nitrogens with two attached hydrogens (primary N) is 1. The van der Waals surface area contributed by atoms with Crippen molar-refractivity contribution in [1.29, 1.82) is 0 Å². The highest BCUT2D eigenvalue weighted by molar-refractivity contribution is 7.92. The van der Waals surface area contributed by atoms with Crippen LogP contribution in [-0.4, -0.2) is 20.6 Å². The van der Waals surface area contributed by atoms with E-state index >= 15 is 0 Å². The molecule has 0 saturated carbocycles. The number of benzene rings is 2. The van der Waals surface area contributed by atoms with Crippen LogP contribution in [0, 0.1) is 0 Å². The Balaban J connectivity index is 2.08. The molecule has 2 rings (SSSR count). The minimum Gasteiger partial charge on any atom is -0.457 e. The molecule has 0 fully saturated rings. The molecule has 7 heteroatoms. The van der Waals surface area contributed by atoms with Crippen LogP contribution in [0.1, 0.15) is 10.4 Å². The fraction of sp³-hybridized carbons (Fsp3) is 0.0714. The van der Waals surface area contributed by atoms with Gasteiger partial charge in [0.1, 0.15) is 11.5 Å².